The molecule has 0 saturated carbocycles. The maximum absolute atomic E-state index is 12.5. The summed E-state index contributed by atoms with van der Waals surface area (Å²) in [6.07, 6.45) is -14.8. The highest BCUT2D eigenvalue weighted by Crippen LogP contribution is 2.36. The van der Waals surface area contributed by atoms with Crippen molar-refractivity contribution in [3.8, 4) is 11.1 Å². The predicted molar refractivity (Wildman–Crippen MR) is 72.6 cm³/mol. The molecule has 2 aromatic carbocycles. The lowest BCUT2D eigenvalue weighted by Gasteiger charge is -2.23. The van der Waals surface area contributed by atoms with Crippen molar-refractivity contribution in [3.05, 3.63) is 60.2 Å². The lowest BCUT2D eigenvalue weighted by Crippen LogP contribution is -2.44. The summed E-state index contributed by atoms with van der Waals surface area (Å²) in [6.45, 7) is -0.797. The van der Waals surface area contributed by atoms with Crippen molar-refractivity contribution < 1.29 is 31.1 Å². The van der Waals surface area contributed by atoms with Crippen LogP contribution >= 0.6 is 0 Å². The monoisotopic (exact) mass is 334 g/mol. The van der Waals surface area contributed by atoms with Gasteiger partial charge in [0, 0.05) is 0 Å². The molecule has 0 amide bonds. The van der Waals surface area contributed by atoms with Crippen LogP contribution in [0.1, 0.15) is 5.56 Å². The standard InChI is InChI=1S/C16H12F6O/c17-15(18,19)14(16(20,21)22)23-10-12-8-4-5-9-13(12)11-6-2-1-3-7-11/h1-9,14H,10H2. The maximum Gasteiger partial charge on any atom is 0.423 e. The molecule has 0 fully saturated rings. The van der Waals surface area contributed by atoms with E-state index in [9.17, 15) is 26.3 Å². The third-order valence-corrected chi connectivity index (χ3v) is 3.10. The molecule has 0 atom stereocenters. The van der Waals surface area contributed by atoms with Gasteiger partial charge in [-0.05, 0) is 16.7 Å². The van der Waals surface area contributed by atoms with E-state index < -0.39 is 25.1 Å². The van der Waals surface area contributed by atoms with Gasteiger partial charge in [-0.1, -0.05) is 54.6 Å². The van der Waals surface area contributed by atoms with Crippen molar-refractivity contribution >= 4 is 0 Å². The number of hydrogen-bond acceptors (Lipinski definition) is 1. The number of rotatable bonds is 4. The van der Waals surface area contributed by atoms with Gasteiger partial charge in [0.2, 0.25) is 6.10 Å². The molecular weight excluding hydrogens is 322 g/mol. The van der Waals surface area contributed by atoms with Crippen LogP contribution in [0, 0.1) is 0 Å². The largest absolute Gasteiger partial charge is 0.423 e. The molecule has 0 aliphatic rings. The number of alkyl halides is 6. The molecule has 0 aliphatic carbocycles. The molecule has 0 saturated heterocycles. The van der Waals surface area contributed by atoms with Gasteiger partial charge >= 0.3 is 12.4 Å². The van der Waals surface area contributed by atoms with Gasteiger partial charge in [-0.2, -0.15) is 26.3 Å². The van der Waals surface area contributed by atoms with Crippen molar-refractivity contribution in [1.29, 1.82) is 0 Å². The first-order chi connectivity index (χ1) is 10.7. The molecule has 0 heterocycles. The van der Waals surface area contributed by atoms with E-state index in [4.69, 9.17) is 0 Å². The van der Waals surface area contributed by atoms with Crippen LogP contribution in [0.25, 0.3) is 11.1 Å². The van der Waals surface area contributed by atoms with Gasteiger partial charge in [0.05, 0.1) is 6.61 Å². The maximum atomic E-state index is 12.5. The smallest absolute Gasteiger partial charge is 0.356 e. The Morgan fingerprint density at radius 1 is 0.739 bits per heavy atom. The molecule has 2 aromatic rings. The summed E-state index contributed by atoms with van der Waals surface area (Å²) in [5.41, 5.74) is 1.45. The second kappa shape index (κ2) is 6.62. The molecule has 0 aromatic heterocycles. The molecule has 7 heteroatoms. The third kappa shape index (κ3) is 4.48. The van der Waals surface area contributed by atoms with Gasteiger partial charge in [0.1, 0.15) is 0 Å². The Kier molecular flexibility index (Phi) is 4.99. The lowest BCUT2D eigenvalue weighted by atomic mass is 10.0. The van der Waals surface area contributed by atoms with E-state index in [2.05, 4.69) is 4.74 Å². The fraction of sp³-hybridized carbons (Fsp3) is 0.250. The molecule has 0 spiro atoms. The quantitative estimate of drug-likeness (QED) is 0.684. The lowest BCUT2D eigenvalue weighted by molar-refractivity contribution is -0.324. The second-order valence-corrected chi connectivity index (χ2v) is 4.80. The first-order valence-corrected chi connectivity index (χ1v) is 6.58. The zero-order valence-electron chi connectivity index (χ0n) is 11.7. The summed E-state index contributed by atoms with van der Waals surface area (Å²) in [7, 11) is 0. The summed E-state index contributed by atoms with van der Waals surface area (Å²) in [6, 6.07) is 14.9. The zero-order valence-corrected chi connectivity index (χ0v) is 11.7. The van der Waals surface area contributed by atoms with E-state index >= 15 is 0 Å². The molecule has 0 radical (unpaired) electrons. The van der Waals surface area contributed by atoms with Crippen LogP contribution < -0.4 is 0 Å². The molecule has 23 heavy (non-hydrogen) atoms. The van der Waals surface area contributed by atoms with Crippen molar-refractivity contribution in [2.24, 2.45) is 0 Å². The SMILES string of the molecule is FC(F)(F)C(OCc1ccccc1-c1ccccc1)C(F)(F)F. The Bertz CT molecular complexity index is 619. The molecule has 124 valence electrons. The molecule has 2 rings (SSSR count). The van der Waals surface area contributed by atoms with E-state index in [0.717, 1.165) is 0 Å². The predicted octanol–water partition coefficient (Wildman–Crippen LogP) is 5.36. The molecule has 0 bridgehead atoms. The first-order valence-electron chi connectivity index (χ1n) is 6.58. The van der Waals surface area contributed by atoms with Crippen LogP contribution in [0.15, 0.2) is 54.6 Å². The van der Waals surface area contributed by atoms with Crippen LogP contribution in [0.2, 0.25) is 0 Å². The Labute approximate surface area is 128 Å². The molecule has 1 nitrogen and oxygen atoms in total. The average molecular weight is 334 g/mol. The second-order valence-electron chi connectivity index (χ2n) is 4.80. The van der Waals surface area contributed by atoms with Crippen molar-refractivity contribution in [2.75, 3.05) is 0 Å². The van der Waals surface area contributed by atoms with Gasteiger partial charge in [-0.25, -0.2) is 0 Å². The van der Waals surface area contributed by atoms with Crippen LogP contribution in [0.3, 0.4) is 0 Å². The first kappa shape index (κ1) is 17.3. The van der Waals surface area contributed by atoms with Crippen LogP contribution in [0.4, 0.5) is 26.3 Å². The van der Waals surface area contributed by atoms with E-state index in [1.807, 2.05) is 0 Å². The van der Waals surface area contributed by atoms with Crippen molar-refractivity contribution in [2.45, 2.75) is 25.1 Å². The average Bonchev–Trinajstić information content (AvgIpc) is 2.46. The van der Waals surface area contributed by atoms with Crippen LogP contribution in [-0.4, -0.2) is 18.5 Å². The van der Waals surface area contributed by atoms with E-state index in [1.165, 1.54) is 12.1 Å². The Morgan fingerprint density at radius 3 is 1.83 bits per heavy atom. The highest BCUT2D eigenvalue weighted by atomic mass is 19.4. The summed E-state index contributed by atoms with van der Waals surface area (Å²) >= 11 is 0. The summed E-state index contributed by atoms with van der Waals surface area (Å²) < 4.78 is 79.2. The molecule has 0 N–H and O–H groups in total. The highest BCUT2D eigenvalue weighted by Gasteiger charge is 2.57. The van der Waals surface area contributed by atoms with Crippen molar-refractivity contribution in [3.63, 3.8) is 0 Å². The number of hydrogen-bond donors (Lipinski definition) is 0. The van der Waals surface area contributed by atoms with E-state index in [0.29, 0.717) is 11.1 Å². The highest BCUT2D eigenvalue weighted by molar-refractivity contribution is 5.67. The summed E-state index contributed by atoms with van der Waals surface area (Å²) in [4.78, 5) is 0. The zero-order chi connectivity index (χ0) is 17.1. The summed E-state index contributed by atoms with van der Waals surface area (Å²) in [5, 5.41) is 0. The fourth-order valence-electron chi connectivity index (χ4n) is 2.09. The Morgan fingerprint density at radius 2 is 1.26 bits per heavy atom. The normalized spacial score (nSPS) is 12.7. The minimum absolute atomic E-state index is 0.247. The van der Waals surface area contributed by atoms with Crippen molar-refractivity contribution in [1.82, 2.24) is 0 Å². The Balaban J connectivity index is 2.24. The minimum atomic E-state index is -5.51. The minimum Gasteiger partial charge on any atom is -0.356 e. The van der Waals surface area contributed by atoms with Gasteiger partial charge in [-0.15, -0.1) is 0 Å². The van der Waals surface area contributed by atoms with Gasteiger partial charge < -0.3 is 4.74 Å². The van der Waals surface area contributed by atoms with E-state index in [1.54, 1.807) is 42.5 Å². The molecular formula is C16H12F6O. The number of benzene rings is 2. The van der Waals surface area contributed by atoms with Gasteiger partial charge in [0.25, 0.3) is 0 Å². The summed E-state index contributed by atoms with van der Waals surface area (Å²) in [5.74, 6) is 0. The Hall–Kier alpha value is -2.02. The molecule has 0 unspecified atom stereocenters. The van der Waals surface area contributed by atoms with Gasteiger partial charge in [-0.3, -0.25) is 0 Å². The van der Waals surface area contributed by atoms with Crippen LogP contribution in [-0.2, 0) is 11.3 Å². The van der Waals surface area contributed by atoms with Crippen LogP contribution in [0.5, 0.6) is 0 Å². The third-order valence-electron chi connectivity index (χ3n) is 3.10. The van der Waals surface area contributed by atoms with Gasteiger partial charge in [0.15, 0.2) is 0 Å². The van der Waals surface area contributed by atoms with E-state index in [-0.39, 0.29) is 5.56 Å². The number of halogens is 6. The fourth-order valence-corrected chi connectivity index (χ4v) is 2.09. The topological polar surface area (TPSA) is 9.23 Å². The number of ether oxygens (including phenoxy) is 1. The molecule has 0 aliphatic heterocycles.